The summed E-state index contributed by atoms with van der Waals surface area (Å²) in [6, 6.07) is 23.4. The lowest BCUT2D eigenvalue weighted by molar-refractivity contribution is -0.115. The largest absolute Gasteiger partial charge is 0.325 e. The van der Waals surface area contributed by atoms with Gasteiger partial charge in [0, 0.05) is 11.4 Å². The highest BCUT2D eigenvalue weighted by Crippen LogP contribution is 2.38. The number of carbonyl (C=O) groups is 1. The lowest BCUT2D eigenvalue weighted by Crippen LogP contribution is -2.21. The number of hydrogen-bond donors (Lipinski definition) is 1. The zero-order valence-corrected chi connectivity index (χ0v) is 21.0. The molecule has 1 amide bonds. The van der Waals surface area contributed by atoms with Gasteiger partial charge in [0.1, 0.15) is 11.1 Å². The fourth-order valence-corrected chi connectivity index (χ4v) is 4.61. The lowest BCUT2D eigenvalue weighted by atomic mass is 10.1. The number of hydrogen-bond acceptors (Lipinski definition) is 5. The number of anilines is 1. The van der Waals surface area contributed by atoms with Crippen molar-refractivity contribution in [3.05, 3.63) is 102 Å². The van der Waals surface area contributed by atoms with Crippen LogP contribution in [-0.2, 0) is 4.79 Å². The van der Waals surface area contributed by atoms with E-state index >= 15 is 0 Å². The maximum Gasteiger partial charge on any atom is 0.242 e. The molecule has 0 spiro atoms. The molecule has 0 saturated heterocycles. The first-order chi connectivity index (χ1) is 16.8. The normalized spacial score (nSPS) is 13.0. The van der Waals surface area contributed by atoms with Gasteiger partial charge in [-0.3, -0.25) is 14.3 Å². The van der Waals surface area contributed by atoms with Gasteiger partial charge in [0.05, 0.1) is 6.04 Å². The summed E-state index contributed by atoms with van der Waals surface area (Å²) in [4.78, 5) is 15.5. The summed E-state index contributed by atoms with van der Waals surface area (Å²) < 4.78 is 15.6. The predicted octanol–water partition coefficient (Wildman–Crippen LogP) is 5.81. The maximum atomic E-state index is 13.7. The van der Waals surface area contributed by atoms with Crippen molar-refractivity contribution < 1.29 is 9.18 Å². The first-order valence-corrected chi connectivity index (χ1v) is 12.2. The Bertz CT molecular complexity index is 1270. The van der Waals surface area contributed by atoms with Crippen LogP contribution in [0.15, 0.2) is 84.0 Å². The highest BCUT2D eigenvalue weighted by molar-refractivity contribution is 8.00. The predicted molar refractivity (Wildman–Crippen MR) is 138 cm³/mol. The van der Waals surface area contributed by atoms with Gasteiger partial charge in [-0.05, 0) is 69.9 Å². The van der Waals surface area contributed by atoms with Gasteiger partial charge in [-0.15, -0.1) is 10.2 Å². The Kier molecular flexibility index (Phi) is 7.63. The third kappa shape index (κ3) is 5.78. The van der Waals surface area contributed by atoms with Crippen LogP contribution in [0.25, 0.3) is 5.69 Å². The molecular formula is C27H28FN5OS. The van der Waals surface area contributed by atoms with Crippen molar-refractivity contribution in [3.8, 4) is 5.69 Å². The van der Waals surface area contributed by atoms with Gasteiger partial charge >= 0.3 is 0 Å². The molecule has 0 unspecified atom stereocenters. The van der Waals surface area contributed by atoms with E-state index in [0.717, 1.165) is 22.5 Å². The second-order valence-corrected chi connectivity index (χ2v) is 9.63. The van der Waals surface area contributed by atoms with Gasteiger partial charge < -0.3 is 5.32 Å². The van der Waals surface area contributed by atoms with E-state index in [4.69, 9.17) is 0 Å². The van der Waals surface area contributed by atoms with Gasteiger partial charge in [0.2, 0.25) is 5.91 Å². The SMILES string of the molecule is Cc1ccc(NC(=O)[C@H](Sc2nnc([C@@H](C)N(C)C)n2-c2ccc(F)cc2)c2ccccc2)cc1. The zero-order valence-electron chi connectivity index (χ0n) is 20.1. The second kappa shape index (κ2) is 10.8. The van der Waals surface area contributed by atoms with E-state index in [2.05, 4.69) is 15.5 Å². The average Bonchev–Trinajstić information content (AvgIpc) is 3.27. The molecule has 0 saturated carbocycles. The molecule has 0 aliphatic carbocycles. The number of nitrogens with zero attached hydrogens (tertiary/aromatic N) is 4. The molecule has 4 rings (SSSR count). The van der Waals surface area contributed by atoms with Gasteiger partial charge in [-0.1, -0.05) is 59.8 Å². The number of aromatic nitrogens is 3. The molecule has 35 heavy (non-hydrogen) atoms. The summed E-state index contributed by atoms with van der Waals surface area (Å²) in [5, 5.41) is 11.9. The number of halogens is 1. The van der Waals surface area contributed by atoms with Crippen molar-refractivity contribution in [3.63, 3.8) is 0 Å². The number of aryl methyl sites for hydroxylation is 1. The quantitative estimate of drug-likeness (QED) is 0.317. The molecule has 8 heteroatoms. The highest BCUT2D eigenvalue weighted by Gasteiger charge is 2.28. The molecule has 1 N–H and O–H groups in total. The number of thioether (sulfide) groups is 1. The molecule has 0 bridgehead atoms. The van der Waals surface area contributed by atoms with Crippen molar-refractivity contribution in [2.45, 2.75) is 30.3 Å². The first-order valence-electron chi connectivity index (χ1n) is 11.3. The van der Waals surface area contributed by atoms with E-state index < -0.39 is 5.25 Å². The molecule has 4 aromatic rings. The molecule has 3 aromatic carbocycles. The minimum absolute atomic E-state index is 0.0570. The van der Waals surface area contributed by atoms with E-state index in [9.17, 15) is 9.18 Å². The number of amides is 1. The molecule has 0 radical (unpaired) electrons. The molecule has 2 atom stereocenters. The standard InChI is InChI=1S/C27H28FN5OS/c1-18-10-14-22(15-11-18)29-26(34)24(20-8-6-5-7-9-20)35-27-31-30-25(19(2)32(3)4)33(27)23-16-12-21(28)13-17-23/h5-17,19,24H,1-4H3,(H,29,34)/t19-,24-/m1/s1. The fourth-order valence-electron chi connectivity index (χ4n) is 3.54. The number of benzene rings is 3. The number of rotatable bonds is 8. The van der Waals surface area contributed by atoms with Crippen LogP contribution in [-0.4, -0.2) is 39.7 Å². The van der Waals surface area contributed by atoms with Crippen molar-refractivity contribution in [1.82, 2.24) is 19.7 Å². The summed E-state index contributed by atoms with van der Waals surface area (Å²) in [7, 11) is 3.92. The fraction of sp³-hybridized carbons (Fsp3) is 0.222. The highest BCUT2D eigenvalue weighted by atomic mass is 32.2. The summed E-state index contributed by atoms with van der Waals surface area (Å²) in [5.41, 5.74) is 3.42. The van der Waals surface area contributed by atoms with Crippen LogP contribution in [0.4, 0.5) is 10.1 Å². The third-order valence-corrected chi connectivity index (χ3v) is 6.97. The summed E-state index contributed by atoms with van der Waals surface area (Å²) in [5.74, 6) is 0.216. The summed E-state index contributed by atoms with van der Waals surface area (Å²) >= 11 is 1.31. The van der Waals surface area contributed by atoms with Crippen LogP contribution >= 0.6 is 11.8 Å². The smallest absolute Gasteiger partial charge is 0.242 e. The van der Waals surface area contributed by atoms with Crippen molar-refractivity contribution in [2.75, 3.05) is 19.4 Å². The van der Waals surface area contributed by atoms with Crippen LogP contribution in [0.1, 0.15) is 35.2 Å². The molecule has 0 aliphatic heterocycles. The van der Waals surface area contributed by atoms with Gasteiger partial charge in [-0.25, -0.2) is 4.39 Å². The maximum absolute atomic E-state index is 13.7. The monoisotopic (exact) mass is 489 g/mol. The van der Waals surface area contributed by atoms with Crippen LogP contribution < -0.4 is 5.32 Å². The number of nitrogens with one attached hydrogen (secondary N) is 1. The van der Waals surface area contributed by atoms with Gasteiger partial charge in [0.25, 0.3) is 0 Å². The Morgan fingerprint density at radius 1 is 0.971 bits per heavy atom. The number of carbonyl (C=O) groups excluding carboxylic acids is 1. The van der Waals surface area contributed by atoms with E-state index in [-0.39, 0.29) is 17.8 Å². The van der Waals surface area contributed by atoms with E-state index in [1.165, 1.54) is 23.9 Å². The Morgan fingerprint density at radius 3 is 2.26 bits per heavy atom. The molecule has 0 aliphatic rings. The Hall–Kier alpha value is -3.49. The zero-order chi connectivity index (χ0) is 24.9. The average molecular weight is 490 g/mol. The minimum Gasteiger partial charge on any atom is -0.325 e. The Balaban J connectivity index is 1.74. The summed E-state index contributed by atoms with van der Waals surface area (Å²) in [6.45, 7) is 4.03. The molecule has 1 aromatic heterocycles. The third-order valence-electron chi connectivity index (χ3n) is 5.77. The second-order valence-electron chi connectivity index (χ2n) is 8.56. The summed E-state index contributed by atoms with van der Waals surface area (Å²) in [6.07, 6.45) is 0. The van der Waals surface area contributed by atoms with Crippen LogP contribution in [0.5, 0.6) is 0 Å². The van der Waals surface area contributed by atoms with Crippen LogP contribution in [0.3, 0.4) is 0 Å². The van der Waals surface area contributed by atoms with Crippen LogP contribution in [0, 0.1) is 12.7 Å². The lowest BCUT2D eigenvalue weighted by Gasteiger charge is -2.21. The van der Waals surface area contributed by atoms with E-state index in [0.29, 0.717) is 11.0 Å². The Labute approximate surface area is 209 Å². The van der Waals surface area contributed by atoms with E-state index in [1.54, 1.807) is 12.1 Å². The van der Waals surface area contributed by atoms with Gasteiger partial charge in [-0.2, -0.15) is 0 Å². The molecule has 180 valence electrons. The topological polar surface area (TPSA) is 63.1 Å². The molecule has 1 heterocycles. The van der Waals surface area contributed by atoms with Crippen molar-refractivity contribution >= 4 is 23.4 Å². The Morgan fingerprint density at radius 2 is 1.63 bits per heavy atom. The van der Waals surface area contributed by atoms with Crippen LogP contribution in [0.2, 0.25) is 0 Å². The van der Waals surface area contributed by atoms with E-state index in [1.807, 2.05) is 92.0 Å². The minimum atomic E-state index is -0.580. The van der Waals surface area contributed by atoms with Gasteiger partial charge in [0.15, 0.2) is 11.0 Å². The molecule has 6 nitrogen and oxygen atoms in total. The van der Waals surface area contributed by atoms with Crippen molar-refractivity contribution in [2.24, 2.45) is 0 Å². The first kappa shape index (κ1) is 24.6. The molecular weight excluding hydrogens is 461 g/mol. The van der Waals surface area contributed by atoms with Crippen molar-refractivity contribution in [1.29, 1.82) is 0 Å². The molecule has 0 fully saturated rings.